The van der Waals surface area contributed by atoms with Crippen LogP contribution in [0.4, 0.5) is 0 Å². The van der Waals surface area contributed by atoms with Gasteiger partial charge in [-0.25, -0.2) is 0 Å². The van der Waals surface area contributed by atoms with E-state index in [0.29, 0.717) is 31.2 Å². The summed E-state index contributed by atoms with van der Waals surface area (Å²) in [5, 5.41) is 4.35. The third-order valence-corrected chi connectivity index (χ3v) is 5.48. The third kappa shape index (κ3) is 3.32. The van der Waals surface area contributed by atoms with Gasteiger partial charge in [-0.1, -0.05) is 24.3 Å². The highest BCUT2D eigenvalue weighted by Gasteiger charge is 2.32. The lowest BCUT2D eigenvalue weighted by molar-refractivity contribution is 0.0727. The molecule has 1 saturated heterocycles. The fraction of sp³-hybridized carbons (Fsp3) is 0.261. The van der Waals surface area contributed by atoms with Crippen LogP contribution in [0.25, 0.3) is 5.69 Å². The normalized spacial score (nSPS) is 17.7. The predicted molar refractivity (Wildman–Crippen MR) is 110 cm³/mol. The number of para-hydroxylation sites is 1. The Labute approximate surface area is 173 Å². The zero-order valence-electron chi connectivity index (χ0n) is 16.4. The van der Waals surface area contributed by atoms with Crippen molar-refractivity contribution in [2.45, 2.75) is 18.9 Å². The number of hydrogen-bond donors (Lipinski definition) is 0. The standard InChI is InChI=1S/C23H21N3O4/c27-22-11-9-18(24-26(22)17-5-2-1-3-6-17)23(28)25-12-4-7-19(25)16-8-10-20-21(15-16)30-14-13-29-20/h1-3,5-6,8-11,15,19H,4,7,12-14H2. The van der Waals surface area contributed by atoms with Gasteiger partial charge < -0.3 is 14.4 Å². The Hall–Kier alpha value is -3.61. The van der Waals surface area contributed by atoms with E-state index in [1.54, 1.807) is 12.1 Å². The van der Waals surface area contributed by atoms with Gasteiger partial charge in [0, 0.05) is 12.6 Å². The van der Waals surface area contributed by atoms with Crippen molar-refractivity contribution in [1.82, 2.24) is 14.7 Å². The van der Waals surface area contributed by atoms with Crippen LogP contribution in [0.5, 0.6) is 11.5 Å². The Bertz CT molecular complexity index is 1140. The number of benzene rings is 2. The number of fused-ring (bicyclic) bond motifs is 1. The van der Waals surface area contributed by atoms with Crippen LogP contribution in [0.3, 0.4) is 0 Å². The Kier molecular flexibility index (Phi) is 4.71. The van der Waals surface area contributed by atoms with Gasteiger partial charge in [-0.2, -0.15) is 9.78 Å². The second kappa shape index (κ2) is 7.67. The van der Waals surface area contributed by atoms with Gasteiger partial charge >= 0.3 is 0 Å². The van der Waals surface area contributed by atoms with Gasteiger partial charge in [0.2, 0.25) is 0 Å². The van der Waals surface area contributed by atoms with E-state index in [1.165, 1.54) is 16.8 Å². The molecule has 7 heteroatoms. The van der Waals surface area contributed by atoms with Crippen LogP contribution in [0.2, 0.25) is 0 Å². The number of carbonyl (C=O) groups excluding carboxylic acids is 1. The Balaban J connectivity index is 1.45. The SMILES string of the molecule is O=C(c1ccc(=O)n(-c2ccccc2)n1)N1CCCC1c1ccc2c(c1)OCCO2. The molecule has 5 rings (SSSR count). The molecule has 0 radical (unpaired) electrons. The van der Waals surface area contributed by atoms with Gasteiger partial charge in [-0.3, -0.25) is 9.59 Å². The van der Waals surface area contributed by atoms with Crippen molar-refractivity contribution in [3.05, 3.63) is 82.3 Å². The summed E-state index contributed by atoms with van der Waals surface area (Å²) in [4.78, 5) is 27.4. The number of hydrogen-bond acceptors (Lipinski definition) is 5. The fourth-order valence-corrected chi connectivity index (χ4v) is 4.05. The van der Waals surface area contributed by atoms with Crippen molar-refractivity contribution in [3.63, 3.8) is 0 Å². The second-order valence-electron chi connectivity index (χ2n) is 7.36. The molecular formula is C23H21N3O4. The first kappa shape index (κ1) is 18.4. The monoisotopic (exact) mass is 403 g/mol. The summed E-state index contributed by atoms with van der Waals surface area (Å²) in [6.07, 6.45) is 1.77. The molecule has 1 atom stereocenters. The fourth-order valence-electron chi connectivity index (χ4n) is 4.05. The molecular weight excluding hydrogens is 382 g/mol. The Morgan fingerprint density at radius 2 is 1.77 bits per heavy atom. The molecule has 0 spiro atoms. The van der Waals surface area contributed by atoms with Crippen molar-refractivity contribution in [1.29, 1.82) is 0 Å². The van der Waals surface area contributed by atoms with E-state index in [4.69, 9.17) is 9.47 Å². The highest BCUT2D eigenvalue weighted by atomic mass is 16.6. The van der Waals surface area contributed by atoms with Crippen LogP contribution in [-0.4, -0.2) is 40.3 Å². The van der Waals surface area contributed by atoms with Crippen molar-refractivity contribution in [2.75, 3.05) is 19.8 Å². The molecule has 2 aliphatic heterocycles. The highest BCUT2D eigenvalue weighted by Crippen LogP contribution is 2.38. The molecule has 0 aliphatic carbocycles. The summed E-state index contributed by atoms with van der Waals surface area (Å²) in [7, 11) is 0. The number of rotatable bonds is 3. The molecule has 1 unspecified atom stereocenters. The zero-order valence-corrected chi connectivity index (χ0v) is 16.4. The maximum atomic E-state index is 13.3. The molecule has 3 aromatic rings. The molecule has 0 bridgehead atoms. The molecule has 1 amide bonds. The average Bonchev–Trinajstić information content (AvgIpc) is 3.29. The average molecular weight is 403 g/mol. The summed E-state index contributed by atoms with van der Waals surface area (Å²) >= 11 is 0. The molecule has 2 aromatic carbocycles. The summed E-state index contributed by atoms with van der Waals surface area (Å²) in [6, 6.07) is 17.8. The molecule has 0 N–H and O–H groups in total. The van der Waals surface area contributed by atoms with E-state index in [9.17, 15) is 9.59 Å². The van der Waals surface area contributed by atoms with Crippen LogP contribution in [0, 0.1) is 0 Å². The molecule has 3 heterocycles. The van der Waals surface area contributed by atoms with Gasteiger partial charge in [0.25, 0.3) is 11.5 Å². The Morgan fingerprint density at radius 1 is 0.967 bits per heavy atom. The van der Waals surface area contributed by atoms with Gasteiger partial charge in [0.15, 0.2) is 11.5 Å². The number of amides is 1. The topological polar surface area (TPSA) is 73.7 Å². The van der Waals surface area contributed by atoms with Crippen LogP contribution in [0.15, 0.2) is 65.5 Å². The van der Waals surface area contributed by atoms with Crippen LogP contribution in [-0.2, 0) is 0 Å². The number of ether oxygens (including phenoxy) is 2. The molecule has 0 saturated carbocycles. The minimum absolute atomic E-state index is 0.0628. The van der Waals surface area contributed by atoms with Crippen molar-refractivity contribution in [2.24, 2.45) is 0 Å². The maximum absolute atomic E-state index is 13.3. The largest absolute Gasteiger partial charge is 0.486 e. The number of likely N-dealkylation sites (tertiary alicyclic amines) is 1. The minimum Gasteiger partial charge on any atom is -0.486 e. The minimum atomic E-state index is -0.275. The van der Waals surface area contributed by atoms with Crippen LogP contribution < -0.4 is 15.0 Å². The maximum Gasteiger partial charge on any atom is 0.274 e. The third-order valence-electron chi connectivity index (χ3n) is 5.48. The van der Waals surface area contributed by atoms with E-state index >= 15 is 0 Å². The molecule has 2 aliphatic rings. The van der Waals surface area contributed by atoms with E-state index < -0.39 is 0 Å². The van der Waals surface area contributed by atoms with E-state index in [2.05, 4.69) is 5.10 Å². The van der Waals surface area contributed by atoms with Crippen LogP contribution >= 0.6 is 0 Å². The summed E-state index contributed by atoms with van der Waals surface area (Å²) in [5.74, 6) is 1.27. The Morgan fingerprint density at radius 3 is 2.60 bits per heavy atom. The van der Waals surface area contributed by atoms with Gasteiger partial charge in [0.05, 0.1) is 11.7 Å². The summed E-state index contributed by atoms with van der Waals surface area (Å²) < 4.78 is 12.6. The molecule has 152 valence electrons. The molecule has 1 fully saturated rings. The van der Waals surface area contributed by atoms with Crippen molar-refractivity contribution < 1.29 is 14.3 Å². The van der Waals surface area contributed by atoms with Crippen LogP contribution in [0.1, 0.15) is 34.9 Å². The number of carbonyl (C=O) groups is 1. The summed E-state index contributed by atoms with van der Waals surface area (Å²) in [6.45, 7) is 1.71. The number of nitrogens with zero attached hydrogens (tertiary/aromatic N) is 3. The molecule has 7 nitrogen and oxygen atoms in total. The van der Waals surface area contributed by atoms with Gasteiger partial charge in [0.1, 0.15) is 18.9 Å². The molecule has 30 heavy (non-hydrogen) atoms. The lowest BCUT2D eigenvalue weighted by atomic mass is 10.0. The summed E-state index contributed by atoms with van der Waals surface area (Å²) in [5.41, 5.74) is 1.62. The van der Waals surface area contributed by atoms with E-state index in [0.717, 1.165) is 24.2 Å². The highest BCUT2D eigenvalue weighted by molar-refractivity contribution is 5.92. The second-order valence-corrected chi connectivity index (χ2v) is 7.36. The van der Waals surface area contributed by atoms with Crippen molar-refractivity contribution >= 4 is 5.91 Å². The van der Waals surface area contributed by atoms with Crippen molar-refractivity contribution in [3.8, 4) is 17.2 Å². The van der Waals surface area contributed by atoms with E-state index in [1.807, 2.05) is 41.3 Å². The first-order valence-electron chi connectivity index (χ1n) is 10.1. The predicted octanol–water partition coefficient (Wildman–Crippen LogP) is 2.98. The molecule has 1 aromatic heterocycles. The smallest absolute Gasteiger partial charge is 0.274 e. The first-order valence-corrected chi connectivity index (χ1v) is 10.1. The van der Waals surface area contributed by atoms with E-state index in [-0.39, 0.29) is 23.2 Å². The lowest BCUT2D eigenvalue weighted by Gasteiger charge is -2.26. The van der Waals surface area contributed by atoms with Gasteiger partial charge in [-0.15, -0.1) is 0 Å². The first-order chi connectivity index (χ1) is 14.7. The zero-order chi connectivity index (χ0) is 20.5. The van der Waals surface area contributed by atoms with Gasteiger partial charge in [-0.05, 0) is 48.7 Å². The number of aromatic nitrogens is 2. The lowest BCUT2D eigenvalue weighted by Crippen LogP contribution is -2.33. The quantitative estimate of drug-likeness (QED) is 0.672.